The van der Waals surface area contributed by atoms with Gasteiger partial charge in [-0.1, -0.05) is 23.5 Å². The van der Waals surface area contributed by atoms with Gasteiger partial charge in [-0.25, -0.2) is 13.4 Å². The van der Waals surface area contributed by atoms with Crippen LogP contribution in [0.5, 0.6) is 0 Å². The number of thiazole rings is 1. The highest BCUT2D eigenvalue weighted by Gasteiger charge is 2.27. The van der Waals surface area contributed by atoms with Crippen LogP contribution >= 0.6 is 11.3 Å². The molecule has 1 atom stereocenters. The molecule has 1 aromatic carbocycles. The van der Waals surface area contributed by atoms with Crippen LogP contribution in [-0.2, 0) is 9.84 Å². The molecule has 3 rings (SSSR count). The van der Waals surface area contributed by atoms with Crippen LogP contribution in [0.1, 0.15) is 12.0 Å². The highest BCUT2D eigenvalue weighted by atomic mass is 32.2. The Kier molecular flexibility index (Phi) is 3.22. The van der Waals surface area contributed by atoms with E-state index in [-0.39, 0.29) is 5.92 Å². The smallest absolute Gasteiger partial charge is 0.183 e. The molecule has 1 N–H and O–H groups in total. The lowest BCUT2D eigenvalue weighted by molar-refractivity contribution is 0.596. The Labute approximate surface area is 116 Å². The molecule has 0 radical (unpaired) electrons. The molecule has 0 aliphatic carbocycles. The van der Waals surface area contributed by atoms with Gasteiger partial charge in [-0.15, -0.1) is 0 Å². The number of hydrogen-bond acceptors (Lipinski definition) is 5. The SMILES string of the molecule is Cc1cccc2sc(NCC3CCS(=O)(=O)C3)nc12. The molecule has 2 aromatic rings. The average molecular weight is 296 g/mol. The summed E-state index contributed by atoms with van der Waals surface area (Å²) in [7, 11) is -2.79. The summed E-state index contributed by atoms with van der Waals surface area (Å²) >= 11 is 1.62. The van der Waals surface area contributed by atoms with E-state index in [1.165, 1.54) is 10.3 Å². The Hall–Kier alpha value is -1.14. The van der Waals surface area contributed by atoms with Crippen molar-refractivity contribution in [2.75, 3.05) is 23.4 Å². The second-order valence-electron chi connectivity index (χ2n) is 5.09. The number of nitrogens with one attached hydrogen (secondary N) is 1. The number of fused-ring (bicyclic) bond motifs is 1. The molecular weight excluding hydrogens is 280 g/mol. The van der Waals surface area contributed by atoms with E-state index in [2.05, 4.69) is 29.4 Å². The predicted molar refractivity (Wildman–Crippen MR) is 79.6 cm³/mol. The van der Waals surface area contributed by atoms with E-state index in [4.69, 9.17) is 0 Å². The fourth-order valence-electron chi connectivity index (χ4n) is 2.43. The zero-order valence-corrected chi connectivity index (χ0v) is 12.4. The minimum atomic E-state index is -2.79. The summed E-state index contributed by atoms with van der Waals surface area (Å²) in [6, 6.07) is 6.14. The van der Waals surface area contributed by atoms with Crippen LogP contribution in [0.2, 0.25) is 0 Å². The molecule has 1 aliphatic rings. The Morgan fingerprint density at radius 3 is 3.00 bits per heavy atom. The number of nitrogens with zero attached hydrogens (tertiary/aromatic N) is 1. The minimum absolute atomic E-state index is 0.220. The van der Waals surface area contributed by atoms with Crippen molar-refractivity contribution in [1.29, 1.82) is 0 Å². The maximum Gasteiger partial charge on any atom is 0.183 e. The van der Waals surface area contributed by atoms with Crippen molar-refractivity contribution in [3.63, 3.8) is 0 Å². The van der Waals surface area contributed by atoms with Crippen LogP contribution in [0.25, 0.3) is 10.2 Å². The minimum Gasteiger partial charge on any atom is -0.361 e. The molecule has 1 saturated heterocycles. The molecule has 1 unspecified atom stereocenters. The maximum atomic E-state index is 11.4. The van der Waals surface area contributed by atoms with Gasteiger partial charge in [0.05, 0.1) is 21.7 Å². The van der Waals surface area contributed by atoms with Gasteiger partial charge in [0.25, 0.3) is 0 Å². The van der Waals surface area contributed by atoms with Gasteiger partial charge >= 0.3 is 0 Å². The molecular formula is C13H16N2O2S2. The standard InChI is InChI=1S/C13H16N2O2S2/c1-9-3-2-4-11-12(9)15-13(18-11)14-7-10-5-6-19(16,17)8-10/h2-4,10H,5-8H2,1H3,(H,14,15). The summed E-state index contributed by atoms with van der Waals surface area (Å²) in [6.45, 7) is 2.74. The van der Waals surface area contributed by atoms with E-state index in [0.717, 1.165) is 17.1 Å². The monoisotopic (exact) mass is 296 g/mol. The van der Waals surface area contributed by atoms with E-state index in [1.54, 1.807) is 11.3 Å². The van der Waals surface area contributed by atoms with Crippen molar-refractivity contribution >= 4 is 36.5 Å². The Morgan fingerprint density at radius 2 is 2.32 bits per heavy atom. The molecule has 4 nitrogen and oxygen atoms in total. The van der Waals surface area contributed by atoms with E-state index in [0.29, 0.717) is 18.1 Å². The third kappa shape index (κ3) is 2.74. The maximum absolute atomic E-state index is 11.4. The molecule has 102 valence electrons. The van der Waals surface area contributed by atoms with Crippen LogP contribution in [0.3, 0.4) is 0 Å². The second-order valence-corrected chi connectivity index (χ2v) is 8.35. The summed E-state index contributed by atoms with van der Waals surface area (Å²) in [5.74, 6) is 0.862. The Morgan fingerprint density at radius 1 is 1.47 bits per heavy atom. The third-order valence-electron chi connectivity index (χ3n) is 3.49. The Balaban J connectivity index is 1.71. The topological polar surface area (TPSA) is 59.1 Å². The first-order valence-corrected chi connectivity index (χ1v) is 8.98. The van der Waals surface area contributed by atoms with E-state index >= 15 is 0 Å². The van der Waals surface area contributed by atoms with Crippen molar-refractivity contribution in [2.45, 2.75) is 13.3 Å². The van der Waals surface area contributed by atoms with Crippen LogP contribution in [0.15, 0.2) is 18.2 Å². The van der Waals surface area contributed by atoms with Crippen LogP contribution in [0.4, 0.5) is 5.13 Å². The molecule has 0 bridgehead atoms. The van der Waals surface area contributed by atoms with Gasteiger partial charge in [-0.2, -0.15) is 0 Å². The van der Waals surface area contributed by atoms with E-state index < -0.39 is 9.84 Å². The molecule has 1 fully saturated rings. The van der Waals surface area contributed by atoms with Gasteiger partial charge in [-0.05, 0) is 30.9 Å². The summed E-state index contributed by atoms with van der Waals surface area (Å²) < 4.78 is 24.0. The number of benzene rings is 1. The van der Waals surface area contributed by atoms with Gasteiger partial charge in [0, 0.05) is 6.54 Å². The first-order chi connectivity index (χ1) is 9.03. The molecule has 2 heterocycles. The van der Waals surface area contributed by atoms with Crippen molar-refractivity contribution < 1.29 is 8.42 Å². The summed E-state index contributed by atoms with van der Waals surface area (Å²) in [5, 5.41) is 4.17. The quantitative estimate of drug-likeness (QED) is 0.945. The third-order valence-corrected chi connectivity index (χ3v) is 6.30. The number of para-hydroxylation sites is 1. The molecule has 0 amide bonds. The lowest BCUT2D eigenvalue weighted by Gasteiger charge is -2.07. The predicted octanol–water partition coefficient (Wildman–Crippen LogP) is 2.45. The highest BCUT2D eigenvalue weighted by Crippen LogP contribution is 2.28. The van der Waals surface area contributed by atoms with Crippen LogP contribution < -0.4 is 5.32 Å². The number of aromatic nitrogens is 1. The summed E-state index contributed by atoms with van der Waals surface area (Å²) in [5.41, 5.74) is 2.21. The van der Waals surface area contributed by atoms with E-state index in [1.807, 2.05) is 6.07 Å². The fraction of sp³-hybridized carbons (Fsp3) is 0.462. The number of anilines is 1. The lowest BCUT2D eigenvalue weighted by atomic mass is 10.1. The second kappa shape index (κ2) is 4.76. The van der Waals surface area contributed by atoms with Crippen molar-refractivity contribution in [3.05, 3.63) is 23.8 Å². The van der Waals surface area contributed by atoms with E-state index in [9.17, 15) is 8.42 Å². The number of sulfone groups is 1. The number of hydrogen-bond donors (Lipinski definition) is 1. The summed E-state index contributed by atoms with van der Waals surface area (Å²) in [6.07, 6.45) is 0.763. The zero-order valence-electron chi connectivity index (χ0n) is 10.7. The largest absolute Gasteiger partial charge is 0.361 e. The molecule has 0 saturated carbocycles. The van der Waals surface area contributed by atoms with Gasteiger partial charge < -0.3 is 5.32 Å². The lowest BCUT2D eigenvalue weighted by Crippen LogP contribution is -2.15. The zero-order chi connectivity index (χ0) is 13.5. The van der Waals surface area contributed by atoms with Crippen LogP contribution in [0, 0.1) is 12.8 Å². The highest BCUT2D eigenvalue weighted by molar-refractivity contribution is 7.91. The molecule has 1 aromatic heterocycles. The number of aryl methyl sites for hydroxylation is 1. The molecule has 19 heavy (non-hydrogen) atoms. The van der Waals surface area contributed by atoms with Gasteiger partial charge in [0.1, 0.15) is 0 Å². The fourth-order valence-corrected chi connectivity index (χ4v) is 5.24. The first kappa shape index (κ1) is 12.9. The summed E-state index contributed by atoms with van der Waals surface area (Å²) in [4.78, 5) is 4.57. The van der Waals surface area contributed by atoms with Crippen molar-refractivity contribution in [1.82, 2.24) is 4.98 Å². The molecule has 6 heteroatoms. The molecule has 0 spiro atoms. The van der Waals surface area contributed by atoms with Gasteiger partial charge in [-0.3, -0.25) is 0 Å². The van der Waals surface area contributed by atoms with Crippen molar-refractivity contribution in [3.8, 4) is 0 Å². The first-order valence-electron chi connectivity index (χ1n) is 6.34. The average Bonchev–Trinajstić information content (AvgIpc) is 2.91. The normalized spacial score (nSPS) is 21.8. The van der Waals surface area contributed by atoms with Gasteiger partial charge in [0.15, 0.2) is 15.0 Å². The Bertz CT molecular complexity index is 707. The number of rotatable bonds is 3. The molecule has 1 aliphatic heterocycles. The van der Waals surface area contributed by atoms with Gasteiger partial charge in [0.2, 0.25) is 0 Å². The van der Waals surface area contributed by atoms with Crippen molar-refractivity contribution in [2.24, 2.45) is 5.92 Å². The van der Waals surface area contributed by atoms with Crippen LogP contribution in [-0.4, -0.2) is 31.5 Å².